The topological polar surface area (TPSA) is 6.48 Å². The van der Waals surface area contributed by atoms with E-state index in [1.165, 1.54) is 56.1 Å². The van der Waals surface area contributed by atoms with Crippen molar-refractivity contribution < 1.29 is 0 Å². The van der Waals surface area contributed by atoms with Gasteiger partial charge < -0.3 is 9.80 Å². The first-order valence-electron chi connectivity index (χ1n) is 13.6. The molecule has 1 heterocycles. The van der Waals surface area contributed by atoms with Crippen molar-refractivity contribution in [1.29, 1.82) is 0 Å². The third kappa shape index (κ3) is 3.97. The van der Waals surface area contributed by atoms with Crippen molar-refractivity contribution in [3.8, 4) is 22.3 Å². The Labute approximate surface area is 226 Å². The van der Waals surface area contributed by atoms with Crippen LogP contribution in [-0.2, 0) is 0 Å². The maximum absolute atomic E-state index is 2.54. The molecule has 188 valence electrons. The van der Waals surface area contributed by atoms with E-state index in [-0.39, 0.29) is 6.17 Å². The van der Waals surface area contributed by atoms with Gasteiger partial charge >= 0.3 is 0 Å². The number of hydrogen-bond acceptors (Lipinski definition) is 2. The smallest absolute Gasteiger partial charge is 0.108 e. The molecule has 0 aliphatic carbocycles. The molecule has 0 bridgehead atoms. The molecule has 1 aliphatic heterocycles. The molecule has 1 aliphatic rings. The van der Waals surface area contributed by atoms with Gasteiger partial charge in [-0.25, -0.2) is 0 Å². The third-order valence-corrected chi connectivity index (χ3v) is 7.82. The Morgan fingerprint density at radius 2 is 1.00 bits per heavy atom. The second-order valence-electron chi connectivity index (χ2n) is 10.4. The number of para-hydroxylation sites is 3. The van der Waals surface area contributed by atoms with Crippen LogP contribution in [0.4, 0.5) is 22.7 Å². The second-order valence-corrected chi connectivity index (χ2v) is 10.4. The van der Waals surface area contributed by atoms with E-state index < -0.39 is 0 Å². The largest absolute Gasteiger partial charge is 0.318 e. The quantitative estimate of drug-likeness (QED) is 0.240. The highest BCUT2D eigenvalue weighted by Gasteiger charge is 2.37. The summed E-state index contributed by atoms with van der Waals surface area (Å²) in [7, 11) is 0. The van der Waals surface area contributed by atoms with Crippen LogP contribution in [0, 0.1) is 6.92 Å². The minimum Gasteiger partial charge on any atom is -0.318 e. The summed E-state index contributed by atoms with van der Waals surface area (Å²) in [5.74, 6) is 0.475. The lowest BCUT2D eigenvalue weighted by molar-refractivity contribution is 0.757. The van der Waals surface area contributed by atoms with Crippen molar-refractivity contribution >= 4 is 22.7 Å². The summed E-state index contributed by atoms with van der Waals surface area (Å²) >= 11 is 0. The van der Waals surface area contributed by atoms with Gasteiger partial charge in [-0.05, 0) is 60.2 Å². The van der Waals surface area contributed by atoms with Crippen LogP contribution in [0.25, 0.3) is 22.3 Å². The fourth-order valence-electron chi connectivity index (χ4n) is 6.06. The maximum atomic E-state index is 2.54. The van der Waals surface area contributed by atoms with Crippen LogP contribution in [0.1, 0.15) is 37.8 Å². The molecule has 0 N–H and O–H groups in total. The predicted molar refractivity (Wildman–Crippen MR) is 163 cm³/mol. The molecule has 2 nitrogen and oxygen atoms in total. The van der Waals surface area contributed by atoms with Crippen molar-refractivity contribution in [2.75, 3.05) is 9.80 Å². The number of nitrogens with zero attached hydrogens (tertiary/aromatic N) is 2. The van der Waals surface area contributed by atoms with Gasteiger partial charge in [0.15, 0.2) is 0 Å². The van der Waals surface area contributed by atoms with Gasteiger partial charge in [0.1, 0.15) is 6.17 Å². The maximum Gasteiger partial charge on any atom is 0.108 e. The molecule has 0 radical (unpaired) electrons. The molecule has 0 aromatic heterocycles. The number of hydrogen-bond donors (Lipinski definition) is 0. The van der Waals surface area contributed by atoms with Crippen LogP contribution in [0.3, 0.4) is 0 Å². The van der Waals surface area contributed by atoms with E-state index >= 15 is 0 Å². The SMILES string of the molecule is Cc1c(C(C)C)cccc1N1c2ccccc2N(c2c(-c3ccccc3)cccc2-c2ccccc2)[C@H]1C. The number of fused-ring (bicyclic) bond motifs is 1. The van der Waals surface area contributed by atoms with Crippen LogP contribution in [0.2, 0.25) is 0 Å². The van der Waals surface area contributed by atoms with Crippen LogP contribution < -0.4 is 9.80 Å². The molecular weight excluding hydrogens is 460 g/mol. The first-order chi connectivity index (χ1) is 18.6. The van der Waals surface area contributed by atoms with E-state index in [1.54, 1.807) is 0 Å². The monoisotopic (exact) mass is 494 g/mol. The predicted octanol–water partition coefficient (Wildman–Crippen LogP) is 10.1. The van der Waals surface area contributed by atoms with Gasteiger partial charge in [-0.15, -0.1) is 0 Å². The molecule has 0 saturated carbocycles. The Kier molecular flexibility index (Phi) is 6.25. The van der Waals surface area contributed by atoms with Crippen molar-refractivity contribution in [2.24, 2.45) is 0 Å². The summed E-state index contributed by atoms with van der Waals surface area (Å²) in [6.45, 7) is 9.16. The van der Waals surface area contributed by atoms with E-state index in [0.717, 1.165) is 0 Å². The van der Waals surface area contributed by atoms with Crippen LogP contribution in [0.5, 0.6) is 0 Å². The molecule has 0 fully saturated rings. The van der Waals surface area contributed by atoms with Gasteiger partial charge in [-0.3, -0.25) is 0 Å². The fraction of sp³-hybridized carbons (Fsp3) is 0.167. The minimum atomic E-state index is 0.0841. The summed E-state index contributed by atoms with van der Waals surface area (Å²) in [5, 5.41) is 0. The highest BCUT2D eigenvalue weighted by atomic mass is 15.4. The summed E-state index contributed by atoms with van der Waals surface area (Å²) in [5.41, 5.74) is 12.7. The molecule has 0 spiro atoms. The lowest BCUT2D eigenvalue weighted by atomic mass is 9.94. The molecule has 0 unspecified atom stereocenters. The van der Waals surface area contributed by atoms with Gasteiger partial charge in [0.05, 0.1) is 17.1 Å². The lowest BCUT2D eigenvalue weighted by Crippen LogP contribution is -2.36. The lowest BCUT2D eigenvalue weighted by Gasteiger charge is -2.34. The molecule has 1 atom stereocenters. The van der Waals surface area contributed by atoms with Gasteiger partial charge in [0, 0.05) is 16.8 Å². The summed E-state index contributed by atoms with van der Waals surface area (Å²) < 4.78 is 0. The molecule has 5 aromatic rings. The van der Waals surface area contributed by atoms with Crippen LogP contribution in [-0.4, -0.2) is 6.17 Å². The molecule has 0 saturated heterocycles. The average molecular weight is 495 g/mol. The fourth-order valence-corrected chi connectivity index (χ4v) is 6.06. The molecule has 5 aromatic carbocycles. The Morgan fingerprint density at radius 3 is 1.55 bits per heavy atom. The van der Waals surface area contributed by atoms with E-state index in [9.17, 15) is 0 Å². The molecule has 0 amide bonds. The first kappa shape index (κ1) is 24.1. The van der Waals surface area contributed by atoms with Crippen molar-refractivity contribution in [3.63, 3.8) is 0 Å². The Hall–Kier alpha value is -4.30. The van der Waals surface area contributed by atoms with Crippen LogP contribution in [0.15, 0.2) is 121 Å². The highest BCUT2D eigenvalue weighted by Crippen LogP contribution is 2.53. The summed E-state index contributed by atoms with van der Waals surface area (Å²) in [6, 6.07) is 43.9. The van der Waals surface area contributed by atoms with E-state index in [0.29, 0.717) is 5.92 Å². The van der Waals surface area contributed by atoms with Crippen LogP contribution >= 0.6 is 0 Å². The zero-order chi connectivity index (χ0) is 26.2. The zero-order valence-corrected chi connectivity index (χ0v) is 22.6. The number of anilines is 4. The van der Waals surface area contributed by atoms with Crippen molar-refractivity contribution in [1.82, 2.24) is 0 Å². The van der Waals surface area contributed by atoms with Crippen molar-refractivity contribution in [2.45, 2.75) is 39.8 Å². The number of benzene rings is 5. The van der Waals surface area contributed by atoms with Crippen molar-refractivity contribution in [3.05, 3.63) is 132 Å². The van der Waals surface area contributed by atoms with Gasteiger partial charge in [0.2, 0.25) is 0 Å². The van der Waals surface area contributed by atoms with Gasteiger partial charge in [0.25, 0.3) is 0 Å². The van der Waals surface area contributed by atoms with E-state index in [2.05, 4.69) is 159 Å². The van der Waals surface area contributed by atoms with E-state index in [4.69, 9.17) is 0 Å². The Balaban J connectivity index is 1.61. The van der Waals surface area contributed by atoms with Gasteiger partial charge in [-0.1, -0.05) is 117 Å². The summed E-state index contributed by atoms with van der Waals surface area (Å²) in [6.07, 6.45) is 0.0841. The zero-order valence-electron chi connectivity index (χ0n) is 22.6. The standard InChI is InChI=1S/C36H34N2/c1-25(2)30-19-14-24-33(26(30)3)37-27(4)38(35-23-12-11-22-34(35)37)36-31(28-15-7-5-8-16-28)20-13-21-32(36)29-17-9-6-10-18-29/h5-25,27H,1-4H3/t27-/m0/s1. The molecular formula is C36H34N2. The Morgan fingerprint density at radius 1 is 0.526 bits per heavy atom. The van der Waals surface area contributed by atoms with E-state index in [1.807, 2.05) is 0 Å². The third-order valence-electron chi connectivity index (χ3n) is 7.82. The summed E-state index contributed by atoms with van der Waals surface area (Å²) in [4.78, 5) is 5.06. The van der Waals surface area contributed by atoms with Gasteiger partial charge in [-0.2, -0.15) is 0 Å². The average Bonchev–Trinajstić information content (AvgIpc) is 3.24. The molecule has 6 rings (SSSR count). The molecule has 2 heteroatoms. The normalized spacial score (nSPS) is 14.7. The Bertz CT molecular complexity index is 1510. The minimum absolute atomic E-state index is 0.0841. The first-order valence-corrected chi connectivity index (χ1v) is 13.6. The molecule has 38 heavy (non-hydrogen) atoms. The second kappa shape index (κ2) is 9.87. The number of rotatable bonds is 5. The highest BCUT2D eigenvalue weighted by molar-refractivity contribution is 5.99.